The van der Waals surface area contributed by atoms with Crippen molar-refractivity contribution in [3.8, 4) is 0 Å². The van der Waals surface area contributed by atoms with Gasteiger partial charge < -0.3 is 5.32 Å². The second kappa shape index (κ2) is 4.61. The molecule has 0 saturated carbocycles. The van der Waals surface area contributed by atoms with Crippen LogP contribution in [0.15, 0.2) is 23.1 Å². The van der Waals surface area contributed by atoms with Crippen molar-refractivity contribution in [2.75, 3.05) is 26.0 Å². The Balaban J connectivity index is 0.00000128. The number of halogens is 1. The fraction of sp³-hybridized carbons (Fsp3) is 0.400. The van der Waals surface area contributed by atoms with Crippen LogP contribution in [0.25, 0.3) is 0 Å². The van der Waals surface area contributed by atoms with E-state index in [4.69, 9.17) is 0 Å². The zero-order chi connectivity index (χ0) is 11.1. The van der Waals surface area contributed by atoms with Crippen LogP contribution < -0.4 is 5.32 Å². The predicted molar refractivity (Wildman–Crippen MR) is 66.8 cm³/mol. The first-order chi connectivity index (χ1) is 7.01. The van der Waals surface area contributed by atoms with Gasteiger partial charge in [-0.2, -0.15) is 0 Å². The van der Waals surface area contributed by atoms with Gasteiger partial charge in [0.1, 0.15) is 0 Å². The zero-order valence-corrected chi connectivity index (χ0v) is 10.9. The van der Waals surface area contributed by atoms with Crippen molar-refractivity contribution in [1.29, 1.82) is 0 Å². The number of sulfonamides is 1. The van der Waals surface area contributed by atoms with Crippen molar-refractivity contribution < 1.29 is 8.42 Å². The SMILES string of the molecule is CN(C)S(=O)(=O)c1ccc2c(c1)NCC2.Cl. The molecule has 0 saturated heterocycles. The molecule has 90 valence electrons. The number of hydrogen-bond donors (Lipinski definition) is 1. The Morgan fingerprint density at radius 1 is 1.31 bits per heavy atom. The van der Waals surface area contributed by atoms with Crippen LogP contribution in [0.2, 0.25) is 0 Å². The number of fused-ring (bicyclic) bond motifs is 1. The zero-order valence-electron chi connectivity index (χ0n) is 9.23. The van der Waals surface area contributed by atoms with Crippen LogP contribution in [-0.2, 0) is 16.4 Å². The van der Waals surface area contributed by atoms with Crippen LogP contribution in [0.1, 0.15) is 5.56 Å². The molecule has 6 heteroatoms. The summed E-state index contributed by atoms with van der Waals surface area (Å²) in [6.45, 7) is 0.890. The lowest BCUT2D eigenvalue weighted by molar-refractivity contribution is 0.521. The minimum absolute atomic E-state index is 0. The topological polar surface area (TPSA) is 49.4 Å². The lowest BCUT2D eigenvalue weighted by atomic mass is 10.2. The van der Waals surface area contributed by atoms with Gasteiger partial charge >= 0.3 is 0 Å². The van der Waals surface area contributed by atoms with Gasteiger partial charge in [0.25, 0.3) is 0 Å². The van der Waals surface area contributed by atoms with Crippen LogP contribution in [0.3, 0.4) is 0 Å². The number of hydrogen-bond acceptors (Lipinski definition) is 3. The third-order valence-corrected chi connectivity index (χ3v) is 4.38. The van der Waals surface area contributed by atoms with E-state index in [0.29, 0.717) is 4.90 Å². The van der Waals surface area contributed by atoms with Crippen molar-refractivity contribution in [3.63, 3.8) is 0 Å². The largest absolute Gasteiger partial charge is 0.384 e. The Morgan fingerprint density at radius 2 is 2.00 bits per heavy atom. The molecule has 0 fully saturated rings. The molecule has 16 heavy (non-hydrogen) atoms. The average molecular weight is 263 g/mol. The van der Waals surface area contributed by atoms with Crippen LogP contribution in [0.4, 0.5) is 5.69 Å². The summed E-state index contributed by atoms with van der Waals surface area (Å²) in [4.78, 5) is 0.348. The molecule has 0 amide bonds. The van der Waals surface area contributed by atoms with E-state index in [2.05, 4.69) is 5.32 Å². The van der Waals surface area contributed by atoms with E-state index in [1.807, 2.05) is 6.07 Å². The highest BCUT2D eigenvalue weighted by molar-refractivity contribution is 7.89. The monoisotopic (exact) mass is 262 g/mol. The lowest BCUT2D eigenvalue weighted by Crippen LogP contribution is -2.22. The van der Waals surface area contributed by atoms with Crippen molar-refractivity contribution in [2.24, 2.45) is 0 Å². The molecule has 0 aromatic heterocycles. The molecule has 0 aliphatic carbocycles. The number of rotatable bonds is 2. The maximum atomic E-state index is 11.8. The van der Waals surface area contributed by atoms with Crippen LogP contribution in [0.5, 0.6) is 0 Å². The highest BCUT2D eigenvalue weighted by Crippen LogP contribution is 2.26. The minimum atomic E-state index is -3.31. The molecule has 1 heterocycles. The highest BCUT2D eigenvalue weighted by atomic mass is 35.5. The van der Waals surface area contributed by atoms with Gasteiger partial charge in [0.2, 0.25) is 10.0 Å². The van der Waals surface area contributed by atoms with E-state index in [1.165, 1.54) is 24.0 Å². The summed E-state index contributed by atoms with van der Waals surface area (Å²) in [5, 5.41) is 3.17. The first-order valence-corrected chi connectivity index (χ1v) is 6.25. The predicted octanol–water partition coefficient (Wildman–Crippen LogP) is 1.33. The molecule has 1 N–H and O–H groups in total. The van der Waals surface area contributed by atoms with Gasteiger partial charge in [0, 0.05) is 26.3 Å². The molecule has 1 aromatic rings. The maximum absolute atomic E-state index is 11.8. The maximum Gasteiger partial charge on any atom is 0.242 e. The molecule has 4 nitrogen and oxygen atoms in total. The molecule has 0 bridgehead atoms. The van der Waals surface area contributed by atoms with E-state index in [0.717, 1.165) is 18.7 Å². The van der Waals surface area contributed by atoms with E-state index in [9.17, 15) is 8.42 Å². The molecule has 0 atom stereocenters. The smallest absolute Gasteiger partial charge is 0.242 e. The fourth-order valence-corrected chi connectivity index (χ4v) is 2.57. The summed E-state index contributed by atoms with van der Waals surface area (Å²) in [5.74, 6) is 0. The Kier molecular flexibility index (Phi) is 3.83. The molecule has 1 aromatic carbocycles. The first-order valence-electron chi connectivity index (χ1n) is 4.81. The number of anilines is 1. The van der Waals surface area contributed by atoms with Gasteiger partial charge in [-0.05, 0) is 24.1 Å². The molecule has 1 aliphatic rings. The second-order valence-electron chi connectivity index (χ2n) is 3.78. The van der Waals surface area contributed by atoms with Crippen LogP contribution in [0, 0.1) is 0 Å². The third-order valence-electron chi connectivity index (χ3n) is 2.57. The van der Waals surface area contributed by atoms with Crippen molar-refractivity contribution in [2.45, 2.75) is 11.3 Å². The van der Waals surface area contributed by atoms with Crippen molar-refractivity contribution in [1.82, 2.24) is 4.31 Å². The summed E-state index contributed by atoms with van der Waals surface area (Å²) in [5.41, 5.74) is 2.13. The molecule has 0 spiro atoms. The minimum Gasteiger partial charge on any atom is -0.384 e. The normalized spacial score (nSPS) is 14.2. The molecule has 1 aliphatic heterocycles. The van der Waals surface area contributed by atoms with Gasteiger partial charge in [-0.3, -0.25) is 0 Å². The van der Waals surface area contributed by atoms with Crippen molar-refractivity contribution in [3.05, 3.63) is 23.8 Å². The third kappa shape index (κ3) is 2.16. The molecular weight excluding hydrogens is 248 g/mol. The second-order valence-corrected chi connectivity index (χ2v) is 5.93. The highest BCUT2D eigenvalue weighted by Gasteiger charge is 2.19. The summed E-state index contributed by atoms with van der Waals surface area (Å²) in [6, 6.07) is 5.25. The molecular formula is C10H15ClN2O2S. The first kappa shape index (κ1) is 13.3. The number of benzene rings is 1. The van der Waals surface area contributed by atoms with Crippen LogP contribution >= 0.6 is 12.4 Å². The van der Waals surface area contributed by atoms with Gasteiger partial charge in [0.05, 0.1) is 4.90 Å². The number of nitrogens with zero attached hydrogens (tertiary/aromatic N) is 1. The van der Waals surface area contributed by atoms with Crippen LogP contribution in [-0.4, -0.2) is 33.4 Å². The Hall–Kier alpha value is -0.780. The number of nitrogens with one attached hydrogen (secondary N) is 1. The quantitative estimate of drug-likeness (QED) is 0.875. The van der Waals surface area contributed by atoms with Gasteiger partial charge in [-0.1, -0.05) is 6.07 Å². The summed E-state index contributed by atoms with van der Waals surface area (Å²) < 4.78 is 24.9. The van der Waals surface area contributed by atoms with Gasteiger partial charge in [0.15, 0.2) is 0 Å². The summed E-state index contributed by atoms with van der Waals surface area (Å²) in [6.07, 6.45) is 0.970. The fourth-order valence-electron chi connectivity index (χ4n) is 1.64. The lowest BCUT2D eigenvalue weighted by Gasteiger charge is -2.12. The Morgan fingerprint density at radius 3 is 2.62 bits per heavy atom. The summed E-state index contributed by atoms with van der Waals surface area (Å²) in [7, 11) is -0.230. The van der Waals surface area contributed by atoms with E-state index in [1.54, 1.807) is 12.1 Å². The van der Waals surface area contributed by atoms with E-state index in [-0.39, 0.29) is 12.4 Å². The van der Waals surface area contributed by atoms with Crippen molar-refractivity contribution >= 4 is 28.1 Å². The molecule has 0 radical (unpaired) electrons. The standard InChI is InChI=1S/C10H14N2O2S.ClH/c1-12(2)15(13,14)9-4-3-8-5-6-11-10(8)7-9;/h3-4,7,11H,5-6H2,1-2H3;1H. The molecule has 0 unspecified atom stereocenters. The van der Waals surface area contributed by atoms with E-state index < -0.39 is 10.0 Å². The Bertz CT molecular complexity index is 486. The van der Waals surface area contributed by atoms with E-state index >= 15 is 0 Å². The average Bonchev–Trinajstić information content (AvgIpc) is 2.63. The molecule has 2 rings (SSSR count). The van der Waals surface area contributed by atoms with Gasteiger partial charge in [-0.15, -0.1) is 12.4 Å². The summed E-state index contributed by atoms with van der Waals surface area (Å²) >= 11 is 0. The Labute approximate surface area is 102 Å². The van der Waals surface area contributed by atoms with Gasteiger partial charge in [-0.25, -0.2) is 12.7 Å².